The molecule has 148 valence electrons. The molecule has 1 atom stereocenters. The smallest absolute Gasteiger partial charge is 0.289 e. The number of amides is 1. The highest BCUT2D eigenvalue weighted by molar-refractivity contribution is 5.92. The van der Waals surface area contributed by atoms with Crippen LogP contribution < -0.4 is 0 Å². The summed E-state index contributed by atoms with van der Waals surface area (Å²) in [6.07, 6.45) is 2.76. The van der Waals surface area contributed by atoms with Gasteiger partial charge in [0.2, 0.25) is 0 Å². The molecule has 0 bridgehead atoms. The number of H-pyrrole nitrogens is 1. The quantitative estimate of drug-likeness (QED) is 0.807. The van der Waals surface area contributed by atoms with E-state index in [4.69, 9.17) is 4.42 Å². The molecule has 1 amide bonds. The number of rotatable bonds is 7. The summed E-state index contributed by atoms with van der Waals surface area (Å²) < 4.78 is 5.96. The Labute approximate surface area is 161 Å². The molecule has 1 aliphatic rings. The second kappa shape index (κ2) is 8.69. The van der Waals surface area contributed by atoms with E-state index in [1.54, 1.807) is 0 Å². The molecule has 2 aromatic heterocycles. The number of aromatic nitrogens is 3. The lowest BCUT2D eigenvalue weighted by Crippen LogP contribution is -2.39. The van der Waals surface area contributed by atoms with Crippen LogP contribution in [0.25, 0.3) is 0 Å². The number of nitrogens with one attached hydrogen (secondary N) is 1. The molecular weight excluding hydrogens is 342 g/mol. The van der Waals surface area contributed by atoms with Crippen molar-refractivity contribution in [1.29, 1.82) is 0 Å². The molecule has 3 rings (SSSR count). The van der Waals surface area contributed by atoms with Gasteiger partial charge < -0.3 is 9.32 Å². The van der Waals surface area contributed by atoms with Gasteiger partial charge in [0.1, 0.15) is 11.6 Å². The highest BCUT2D eigenvalue weighted by Crippen LogP contribution is 2.27. The molecule has 3 heterocycles. The molecule has 1 N–H and O–H groups in total. The van der Waals surface area contributed by atoms with Crippen molar-refractivity contribution >= 4 is 5.91 Å². The highest BCUT2D eigenvalue weighted by atomic mass is 16.4. The maximum atomic E-state index is 13.1. The molecule has 7 nitrogen and oxygen atoms in total. The molecule has 7 heteroatoms. The number of carbonyl (C=O) groups excluding carboxylic acids is 1. The molecule has 0 aromatic carbocycles. The van der Waals surface area contributed by atoms with Gasteiger partial charge in [0.15, 0.2) is 11.6 Å². The first-order chi connectivity index (χ1) is 13.0. The van der Waals surface area contributed by atoms with Crippen LogP contribution in [0.1, 0.15) is 73.1 Å². The fourth-order valence-electron chi connectivity index (χ4n) is 3.76. The summed E-state index contributed by atoms with van der Waals surface area (Å²) in [4.78, 5) is 21.7. The fourth-order valence-corrected chi connectivity index (χ4v) is 3.76. The summed E-state index contributed by atoms with van der Waals surface area (Å²) in [5.74, 6) is 3.16. The lowest BCUT2D eigenvalue weighted by Gasteiger charge is -2.30. The van der Waals surface area contributed by atoms with Gasteiger partial charge >= 0.3 is 0 Å². The zero-order valence-corrected chi connectivity index (χ0v) is 16.9. The summed E-state index contributed by atoms with van der Waals surface area (Å²) >= 11 is 0. The second-order valence-electron chi connectivity index (χ2n) is 7.24. The first kappa shape index (κ1) is 19.6. The lowest BCUT2D eigenvalue weighted by atomic mass is 9.97. The van der Waals surface area contributed by atoms with Gasteiger partial charge in [-0.3, -0.25) is 14.8 Å². The van der Waals surface area contributed by atoms with Crippen molar-refractivity contribution in [2.24, 2.45) is 0 Å². The van der Waals surface area contributed by atoms with E-state index < -0.39 is 0 Å². The first-order valence-corrected chi connectivity index (χ1v) is 10.1. The van der Waals surface area contributed by atoms with Crippen molar-refractivity contribution < 1.29 is 9.21 Å². The zero-order valence-electron chi connectivity index (χ0n) is 16.9. The predicted octanol–water partition coefficient (Wildman–Crippen LogP) is 3.13. The molecular formula is C20H31N5O2. The summed E-state index contributed by atoms with van der Waals surface area (Å²) in [5, 5.41) is 7.19. The Morgan fingerprint density at radius 3 is 2.78 bits per heavy atom. The molecule has 0 radical (unpaired) electrons. The van der Waals surface area contributed by atoms with Crippen molar-refractivity contribution in [1.82, 2.24) is 25.0 Å². The largest absolute Gasteiger partial charge is 0.456 e. The Morgan fingerprint density at radius 2 is 2.15 bits per heavy atom. The minimum Gasteiger partial charge on any atom is -0.456 e. The van der Waals surface area contributed by atoms with Gasteiger partial charge in [0.25, 0.3) is 5.91 Å². The number of aryl methyl sites for hydroxylation is 2. The Balaban J connectivity index is 1.73. The highest BCUT2D eigenvalue weighted by Gasteiger charge is 2.29. The Hall–Kier alpha value is -2.15. The average Bonchev–Trinajstić information content (AvgIpc) is 3.31. The van der Waals surface area contributed by atoms with Gasteiger partial charge in [-0.2, -0.15) is 5.10 Å². The third kappa shape index (κ3) is 4.40. The van der Waals surface area contributed by atoms with Crippen LogP contribution in [0, 0.1) is 6.92 Å². The third-order valence-electron chi connectivity index (χ3n) is 5.41. The minimum absolute atomic E-state index is 0.0209. The van der Waals surface area contributed by atoms with Gasteiger partial charge in [-0.1, -0.05) is 20.8 Å². The summed E-state index contributed by atoms with van der Waals surface area (Å²) in [7, 11) is 0. The van der Waals surface area contributed by atoms with Gasteiger partial charge in [-0.15, -0.1) is 0 Å². The fraction of sp³-hybridized carbons (Fsp3) is 0.650. The lowest BCUT2D eigenvalue weighted by molar-refractivity contribution is 0.0670. The van der Waals surface area contributed by atoms with E-state index in [9.17, 15) is 4.79 Å². The van der Waals surface area contributed by atoms with Crippen molar-refractivity contribution in [2.75, 3.05) is 26.2 Å². The zero-order chi connectivity index (χ0) is 19.4. The molecule has 2 aromatic rings. The molecule has 1 fully saturated rings. The second-order valence-corrected chi connectivity index (χ2v) is 7.24. The van der Waals surface area contributed by atoms with E-state index in [1.807, 2.05) is 17.9 Å². The van der Waals surface area contributed by atoms with E-state index >= 15 is 0 Å². The van der Waals surface area contributed by atoms with Crippen LogP contribution in [0.5, 0.6) is 0 Å². The van der Waals surface area contributed by atoms with Crippen molar-refractivity contribution in [3.05, 3.63) is 34.8 Å². The van der Waals surface area contributed by atoms with Gasteiger partial charge in [-0.25, -0.2) is 4.98 Å². The van der Waals surface area contributed by atoms with Crippen LogP contribution in [0.2, 0.25) is 0 Å². The van der Waals surface area contributed by atoms with E-state index in [1.165, 1.54) is 0 Å². The van der Waals surface area contributed by atoms with E-state index in [0.29, 0.717) is 12.3 Å². The van der Waals surface area contributed by atoms with Crippen LogP contribution in [0.15, 0.2) is 10.5 Å². The summed E-state index contributed by atoms with van der Waals surface area (Å²) in [6.45, 7) is 12.5. The maximum Gasteiger partial charge on any atom is 0.289 e. The minimum atomic E-state index is -0.0209. The Morgan fingerprint density at radius 1 is 1.37 bits per heavy atom. The molecule has 1 aliphatic heterocycles. The van der Waals surface area contributed by atoms with Crippen molar-refractivity contribution in [2.45, 2.75) is 59.4 Å². The molecule has 0 saturated carbocycles. The van der Waals surface area contributed by atoms with E-state index in [-0.39, 0.29) is 11.8 Å². The first-order valence-electron chi connectivity index (χ1n) is 10.1. The molecule has 1 saturated heterocycles. The number of likely N-dealkylation sites (tertiary alicyclic amines) is 1. The van der Waals surface area contributed by atoms with Crippen molar-refractivity contribution in [3.8, 4) is 0 Å². The number of furan rings is 1. The van der Waals surface area contributed by atoms with E-state index in [0.717, 1.165) is 68.4 Å². The Kier molecular flexibility index (Phi) is 6.31. The monoisotopic (exact) mass is 373 g/mol. The maximum absolute atomic E-state index is 13.1. The normalized spacial score (nSPS) is 17.7. The number of hydrogen-bond donors (Lipinski definition) is 1. The predicted molar refractivity (Wildman–Crippen MR) is 104 cm³/mol. The number of carbonyl (C=O) groups is 1. The number of hydrogen-bond acceptors (Lipinski definition) is 5. The van der Waals surface area contributed by atoms with Gasteiger partial charge in [-0.05, 0) is 38.9 Å². The molecule has 0 spiro atoms. The standard InChI is InChI=1S/C20H31N5O2/c1-5-17-16(12-24(6-2)7-3)11-18(27-17)20(26)25-10-8-9-15(13-25)19-21-14(4)22-23-19/h11,15H,5-10,12-13H2,1-4H3,(H,21,22,23). The number of nitrogens with zero attached hydrogens (tertiary/aromatic N) is 4. The molecule has 1 unspecified atom stereocenters. The van der Waals surface area contributed by atoms with Crippen molar-refractivity contribution in [3.63, 3.8) is 0 Å². The average molecular weight is 374 g/mol. The molecule has 27 heavy (non-hydrogen) atoms. The number of aromatic amines is 1. The summed E-state index contributed by atoms with van der Waals surface area (Å²) in [6, 6.07) is 1.94. The van der Waals surface area contributed by atoms with Crippen LogP contribution in [-0.2, 0) is 13.0 Å². The number of piperidine rings is 1. The topological polar surface area (TPSA) is 78.3 Å². The Bertz CT molecular complexity index is 762. The summed E-state index contributed by atoms with van der Waals surface area (Å²) in [5.41, 5.74) is 1.13. The van der Waals surface area contributed by atoms with Crippen LogP contribution in [0.3, 0.4) is 0 Å². The van der Waals surface area contributed by atoms with Gasteiger partial charge in [0, 0.05) is 37.5 Å². The SMILES string of the molecule is CCc1oc(C(=O)N2CCCC(c3n[nH]c(C)n3)C2)cc1CN(CC)CC. The van der Waals surface area contributed by atoms with Crippen LogP contribution >= 0.6 is 0 Å². The van der Waals surface area contributed by atoms with Crippen LogP contribution in [-0.4, -0.2) is 57.1 Å². The molecule has 0 aliphatic carbocycles. The van der Waals surface area contributed by atoms with Gasteiger partial charge in [0.05, 0.1) is 0 Å². The third-order valence-corrected chi connectivity index (χ3v) is 5.41. The van der Waals surface area contributed by atoms with E-state index in [2.05, 4.69) is 40.9 Å². The van der Waals surface area contributed by atoms with Crippen LogP contribution in [0.4, 0.5) is 0 Å².